The van der Waals surface area contributed by atoms with E-state index >= 15 is 0 Å². The Hall–Kier alpha value is -1.72. The topological polar surface area (TPSA) is 125 Å². The molecule has 3 N–H and O–H groups in total. The van der Waals surface area contributed by atoms with Gasteiger partial charge in [-0.1, -0.05) is 0 Å². The molecular formula is C12H16NO6P. The van der Waals surface area contributed by atoms with Crippen LogP contribution in [-0.2, 0) is 20.3 Å². The number of carboxylic acids is 2. The molecule has 1 aromatic heterocycles. The van der Waals surface area contributed by atoms with Crippen molar-refractivity contribution in [3.05, 3.63) is 30.1 Å². The highest BCUT2D eigenvalue weighted by molar-refractivity contribution is 7.57. The van der Waals surface area contributed by atoms with Gasteiger partial charge in [0.1, 0.15) is 0 Å². The summed E-state index contributed by atoms with van der Waals surface area (Å²) >= 11 is 0. The third kappa shape index (κ3) is 5.95. The largest absolute Gasteiger partial charge is 0.481 e. The molecule has 110 valence electrons. The number of aliphatic carboxylic acids is 2. The summed E-state index contributed by atoms with van der Waals surface area (Å²) in [6.45, 7) is 0. The van der Waals surface area contributed by atoms with Crippen molar-refractivity contribution in [1.29, 1.82) is 0 Å². The molecule has 0 saturated heterocycles. The van der Waals surface area contributed by atoms with Gasteiger partial charge in [0.05, 0.1) is 5.92 Å². The van der Waals surface area contributed by atoms with Crippen molar-refractivity contribution in [1.82, 2.24) is 4.98 Å². The third-order valence-electron chi connectivity index (χ3n) is 2.74. The van der Waals surface area contributed by atoms with Crippen LogP contribution in [0.1, 0.15) is 18.4 Å². The molecule has 1 rings (SSSR count). The number of pyridine rings is 1. The molecule has 1 heterocycles. The molecule has 20 heavy (non-hydrogen) atoms. The summed E-state index contributed by atoms with van der Waals surface area (Å²) in [5.41, 5.74) is 0.591. The Labute approximate surface area is 115 Å². The molecule has 0 amide bonds. The number of carboxylic acid groups (broad SMARTS) is 2. The Bertz CT molecular complexity index is 518. The maximum atomic E-state index is 12.1. The van der Waals surface area contributed by atoms with Crippen LogP contribution < -0.4 is 0 Å². The van der Waals surface area contributed by atoms with Gasteiger partial charge in [0.2, 0.25) is 7.37 Å². The summed E-state index contributed by atoms with van der Waals surface area (Å²) in [7, 11) is -3.69. The fraction of sp³-hybridized carbons (Fsp3) is 0.417. The average molecular weight is 301 g/mol. The van der Waals surface area contributed by atoms with Gasteiger partial charge in [0, 0.05) is 31.1 Å². The van der Waals surface area contributed by atoms with Crippen molar-refractivity contribution >= 4 is 19.3 Å². The highest BCUT2D eigenvalue weighted by atomic mass is 31.2. The van der Waals surface area contributed by atoms with E-state index in [2.05, 4.69) is 4.98 Å². The molecule has 1 aromatic rings. The number of aromatic nitrogens is 1. The van der Waals surface area contributed by atoms with E-state index in [4.69, 9.17) is 10.2 Å². The first-order chi connectivity index (χ1) is 9.30. The van der Waals surface area contributed by atoms with Gasteiger partial charge >= 0.3 is 11.9 Å². The normalized spacial score (nSPS) is 15.2. The minimum absolute atomic E-state index is 0.146. The second-order valence-corrected chi connectivity index (χ2v) is 6.88. The fourth-order valence-corrected chi connectivity index (χ4v) is 3.71. The molecule has 0 aliphatic rings. The molecule has 0 radical (unpaired) electrons. The Kier molecular flexibility index (Phi) is 5.85. The second kappa shape index (κ2) is 7.17. The van der Waals surface area contributed by atoms with Crippen LogP contribution in [0.15, 0.2) is 24.5 Å². The number of hydrogen-bond acceptors (Lipinski definition) is 4. The van der Waals surface area contributed by atoms with Gasteiger partial charge in [-0.15, -0.1) is 0 Å². The lowest BCUT2D eigenvalue weighted by molar-refractivity contribution is -0.142. The summed E-state index contributed by atoms with van der Waals surface area (Å²) in [5, 5.41) is 17.5. The van der Waals surface area contributed by atoms with Crippen LogP contribution in [0.4, 0.5) is 0 Å². The van der Waals surface area contributed by atoms with Gasteiger partial charge in [-0.3, -0.25) is 19.1 Å². The van der Waals surface area contributed by atoms with E-state index in [-0.39, 0.29) is 19.0 Å². The maximum absolute atomic E-state index is 12.1. The molecule has 7 nitrogen and oxygen atoms in total. The van der Waals surface area contributed by atoms with E-state index in [9.17, 15) is 19.0 Å². The van der Waals surface area contributed by atoms with E-state index in [0.29, 0.717) is 5.56 Å². The molecule has 0 aromatic carbocycles. The van der Waals surface area contributed by atoms with Gasteiger partial charge < -0.3 is 15.1 Å². The Morgan fingerprint density at radius 3 is 2.35 bits per heavy atom. The van der Waals surface area contributed by atoms with Crippen LogP contribution in [0.25, 0.3) is 0 Å². The molecule has 0 bridgehead atoms. The summed E-state index contributed by atoms with van der Waals surface area (Å²) in [5.74, 6) is -3.52. The quantitative estimate of drug-likeness (QED) is 0.620. The molecule has 0 saturated carbocycles. The van der Waals surface area contributed by atoms with Crippen molar-refractivity contribution in [3.63, 3.8) is 0 Å². The van der Waals surface area contributed by atoms with Crippen molar-refractivity contribution in [3.8, 4) is 0 Å². The number of rotatable bonds is 8. The van der Waals surface area contributed by atoms with Crippen LogP contribution in [0.5, 0.6) is 0 Å². The lowest BCUT2D eigenvalue weighted by Crippen LogP contribution is -2.19. The minimum atomic E-state index is -3.69. The van der Waals surface area contributed by atoms with Crippen molar-refractivity contribution in [2.24, 2.45) is 5.92 Å². The number of hydrogen-bond donors (Lipinski definition) is 3. The van der Waals surface area contributed by atoms with E-state index in [1.54, 1.807) is 12.1 Å². The van der Waals surface area contributed by atoms with Gasteiger partial charge in [0.25, 0.3) is 0 Å². The zero-order valence-corrected chi connectivity index (χ0v) is 11.6. The minimum Gasteiger partial charge on any atom is -0.481 e. The average Bonchev–Trinajstić information content (AvgIpc) is 2.34. The highest BCUT2D eigenvalue weighted by Gasteiger charge is 2.29. The summed E-state index contributed by atoms with van der Waals surface area (Å²) < 4.78 is 12.1. The zero-order valence-electron chi connectivity index (χ0n) is 10.7. The van der Waals surface area contributed by atoms with Crippen molar-refractivity contribution < 1.29 is 29.3 Å². The maximum Gasteiger partial charge on any atom is 0.307 e. The van der Waals surface area contributed by atoms with Crippen LogP contribution in [0.2, 0.25) is 0 Å². The highest BCUT2D eigenvalue weighted by Crippen LogP contribution is 2.46. The van der Waals surface area contributed by atoms with Crippen LogP contribution in [-0.4, -0.2) is 38.2 Å². The third-order valence-corrected chi connectivity index (χ3v) is 4.61. The lowest BCUT2D eigenvalue weighted by atomic mass is 10.1. The number of nitrogens with zero attached hydrogens (tertiary/aromatic N) is 1. The fourth-order valence-electron chi connectivity index (χ4n) is 1.77. The summed E-state index contributed by atoms with van der Waals surface area (Å²) in [6.07, 6.45) is 1.88. The molecule has 0 aliphatic carbocycles. The molecular weight excluding hydrogens is 285 g/mol. The second-order valence-electron chi connectivity index (χ2n) is 4.51. The predicted molar refractivity (Wildman–Crippen MR) is 70.6 cm³/mol. The SMILES string of the molecule is O=C(O)CCC(CP(=O)(O)Cc1ccncc1)C(=O)O. The molecule has 0 aliphatic heterocycles. The van der Waals surface area contributed by atoms with E-state index in [1.807, 2.05) is 0 Å². The molecule has 8 heteroatoms. The summed E-state index contributed by atoms with van der Waals surface area (Å²) in [6, 6.07) is 3.16. The Morgan fingerprint density at radius 2 is 1.85 bits per heavy atom. The molecule has 0 spiro atoms. The standard InChI is InChI=1S/C12H16NO6P/c14-11(15)2-1-10(12(16)17)8-20(18,19)7-9-3-5-13-6-4-9/h3-6,10H,1-2,7-8H2,(H,14,15)(H,16,17)(H,18,19). The van der Waals surface area contributed by atoms with Gasteiger partial charge in [-0.05, 0) is 24.1 Å². The Balaban J connectivity index is 2.68. The van der Waals surface area contributed by atoms with Crippen molar-refractivity contribution in [2.75, 3.05) is 6.16 Å². The number of carbonyl (C=O) groups is 2. The van der Waals surface area contributed by atoms with Crippen LogP contribution >= 0.6 is 7.37 Å². The first kappa shape index (κ1) is 16.3. The van der Waals surface area contributed by atoms with Gasteiger partial charge in [-0.25, -0.2) is 0 Å². The predicted octanol–water partition coefficient (Wildman–Crippen LogP) is 1.42. The zero-order chi connectivity index (χ0) is 15.2. The van der Waals surface area contributed by atoms with Gasteiger partial charge in [-0.2, -0.15) is 0 Å². The molecule has 2 unspecified atom stereocenters. The van der Waals surface area contributed by atoms with Gasteiger partial charge in [0.15, 0.2) is 0 Å². The van der Waals surface area contributed by atoms with E-state index < -0.39 is 31.4 Å². The first-order valence-corrected chi connectivity index (χ1v) is 7.97. The lowest BCUT2D eigenvalue weighted by Gasteiger charge is -2.16. The molecule has 2 atom stereocenters. The molecule has 0 fully saturated rings. The Morgan fingerprint density at radius 1 is 1.25 bits per heavy atom. The summed E-state index contributed by atoms with van der Waals surface area (Å²) in [4.78, 5) is 35.1. The van der Waals surface area contributed by atoms with Crippen molar-refractivity contribution in [2.45, 2.75) is 19.0 Å². The van der Waals surface area contributed by atoms with Crippen LogP contribution in [0, 0.1) is 5.92 Å². The van der Waals surface area contributed by atoms with Crippen LogP contribution in [0.3, 0.4) is 0 Å². The first-order valence-electron chi connectivity index (χ1n) is 5.94. The monoisotopic (exact) mass is 301 g/mol. The van der Waals surface area contributed by atoms with E-state index in [0.717, 1.165) is 0 Å². The van der Waals surface area contributed by atoms with E-state index in [1.165, 1.54) is 12.4 Å². The smallest absolute Gasteiger partial charge is 0.307 e.